The summed E-state index contributed by atoms with van der Waals surface area (Å²) in [6, 6.07) is 14.4. The lowest BCUT2D eigenvalue weighted by molar-refractivity contribution is -0.129. The van der Waals surface area contributed by atoms with Crippen LogP contribution in [0.3, 0.4) is 0 Å². The maximum atomic E-state index is 12.5. The molecule has 7 heteroatoms. The molecule has 1 aliphatic heterocycles. The molecule has 0 aliphatic carbocycles. The van der Waals surface area contributed by atoms with E-state index in [0.29, 0.717) is 12.3 Å². The Morgan fingerprint density at radius 1 is 1.04 bits per heavy atom. The van der Waals surface area contributed by atoms with Gasteiger partial charge in [0.1, 0.15) is 0 Å². The minimum Gasteiger partial charge on any atom is -0.342 e. The monoisotopic (exact) mass is 398 g/mol. The topological polar surface area (TPSA) is 51.0 Å². The number of carbonyl (C=O) groups is 1. The highest BCUT2D eigenvalue weighted by molar-refractivity contribution is 7.99. The third kappa shape index (κ3) is 4.42. The molecule has 1 fully saturated rings. The summed E-state index contributed by atoms with van der Waals surface area (Å²) in [7, 11) is 0. The molecule has 4 rings (SSSR count). The van der Waals surface area contributed by atoms with Gasteiger partial charge in [-0.1, -0.05) is 48.2 Å². The van der Waals surface area contributed by atoms with Crippen LogP contribution in [0.4, 0.5) is 0 Å². The van der Waals surface area contributed by atoms with E-state index < -0.39 is 0 Å². The zero-order valence-electron chi connectivity index (χ0n) is 15.1. The van der Waals surface area contributed by atoms with Gasteiger partial charge in [-0.05, 0) is 36.3 Å². The molecule has 0 radical (unpaired) electrons. The molecule has 0 bridgehead atoms. The van der Waals surface area contributed by atoms with Gasteiger partial charge in [-0.3, -0.25) is 9.36 Å². The Labute approximate surface area is 167 Å². The molecule has 0 unspecified atom stereocenters. The molecule has 0 saturated carbocycles. The van der Waals surface area contributed by atoms with E-state index in [0.717, 1.165) is 41.8 Å². The first-order chi connectivity index (χ1) is 13.3. The predicted octanol–water partition coefficient (Wildman–Crippen LogP) is 4.16. The normalized spacial score (nSPS) is 14.4. The Bertz CT molecular complexity index is 871. The minimum absolute atomic E-state index is 0.201. The fourth-order valence-electron chi connectivity index (χ4n) is 3.25. The lowest BCUT2D eigenvalue weighted by Gasteiger charge is -2.26. The van der Waals surface area contributed by atoms with Gasteiger partial charge in [0.05, 0.1) is 17.2 Å². The van der Waals surface area contributed by atoms with Gasteiger partial charge in [0, 0.05) is 13.1 Å². The smallest absolute Gasteiger partial charge is 0.233 e. The van der Waals surface area contributed by atoms with E-state index in [1.54, 1.807) is 11.3 Å². The summed E-state index contributed by atoms with van der Waals surface area (Å²) in [5.74, 6) is 1.48. The third-order valence-corrected chi connectivity index (χ3v) is 6.49. The summed E-state index contributed by atoms with van der Waals surface area (Å²) in [6.07, 6.45) is 3.46. The Morgan fingerprint density at radius 3 is 2.59 bits per heavy atom. The van der Waals surface area contributed by atoms with Crippen LogP contribution in [0.2, 0.25) is 0 Å². The number of thiophene rings is 1. The molecule has 2 aromatic heterocycles. The predicted molar refractivity (Wildman–Crippen MR) is 110 cm³/mol. The van der Waals surface area contributed by atoms with Crippen molar-refractivity contribution >= 4 is 29.0 Å². The summed E-state index contributed by atoms with van der Waals surface area (Å²) < 4.78 is 2.12. The molecule has 3 heterocycles. The van der Waals surface area contributed by atoms with Crippen molar-refractivity contribution in [3.05, 3.63) is 53.4 Å². The molecule has 1 saturated heterocycles. The first-order valence-corrected chi connectivity index (χ1v) is 11.1. The second-order valence-corrected chi connectivity index (χ2v) is 8.48. The van der Waals surface area contributed by atoms with Crippen LogP contribution >= 0.6 is 23.1 Å². The molecule has 0 spiro atoms. The van der Waals surface area contributed by atoms with Crippen LogP contribution in [0.5, 0.6) is 0 Å². The largest absolute Gasteiger partial charge is 0.342 e. The van der Waals surface area contributed by atoms with E-state index in [4.69, 9.17) is 0 Å². The molecular formula is C20H22N4OS2. The Kier molecular flexibility index (Phi) is 5.89. The molecule has 140 valence electrons. The van der Waals surface area contributed by atoms with Crippen LogP contribution < -0.4 is 0 Å². The fourth-order valence-corrected chi connectivity index (χ4v) is 4.81. The van der Waals surface area contributed by atoms with Gasteiger partial charge in [-0.25, -0.2) is 0 Å². The van der Waals surface area contributed by atoms with Gasteiger partial charge in [0.25, 0.3) is 0 Å². The van der Waals surface area contributed by atoms with Crippen molar-refractivity contribution < 1.29 is 4.79 Å². The van der Waals surface area contributed by atoms with Gasteiger partial charge < -0.3 is 4.90 Å². The maximum absolute atomic E-state index is 12.5. The first kappa shape index (κ1) is 18.3. The Morgan fingerprint density at radius 2 is 1.85 bits per heavy atom. The number of likely N-dealkylation sites (tertiary alicyclic amines) is 1. The second-order valence-electron chi connectivity index (χ2n) is 6.59. The summed E-state index contributed by atoms with van der Waals surface area (Å²) in [5.41, 5.74) is 1.19. The Balaban J connectivity index is 1.53. The SMILES string of the molecule is O=C(CSc1nnc(-c2cccs2)n1Cc1ccccc1)N1CCCCC1. The van der Waals surface area contributed by atoms with E-state index in [1.807, 2.05) is 34.5 Å². The van der Waals surface area contributed by atoms with E-state index in [9.17, 15) is 4.79 Å². The van der Waals surface area contributed by atoms with E-state index in [-0.39, 0.29) is 5.91 Å². The first-order valence-electron chi connectivity index (χ1n) is 9.23. The number of hydrogen-bond donors (Lipinski definition) is 0. The summed E-state index contributed by atoms with van der Waals surface area (Å²) >= 11 is 3.14. The van der Waals surface area contributed by atoms with Gasteiger partial charge in [-0.15, -0.1) is 21.5 Å². The van der Waals surface area contributed by atoms with Crippen LogP contribution in [0.15, 0.2) is 53.0 Å². The standard InChI is InChI=1S/C20H22N4OS2/c25-18(23-11-5-2-6-12-23)15-27-20-22-21-19(17-10-7-13-26-17)24(20)14-16-8-3-1-4-9-16/h1,3-4,7-10,13H,2,5-6,11-12,14-15H2. The summed E-state index contributed by atoms with van der Waals surface area (Å²) in [5, 5.41) is 11.7. The van der Waals surface area contributed by atoms with Crippen LogP contribution in [-0.4, -0.2) is 44.4 Å². The quantitative estimate of drug-likeness (QED) is 0.585. The van der Waals surface area contributed by atoms with Crippen molar-refractivity contribution in [2.75, 3.05) is 18.8 Å². The minimum atomic E-state index is 0.201. The molecule has 5 nitrogen and oxygen atoms in total. The molecule has 3 aromatic rings. The highest BCUT2D eigenvalue weighted by Crippen LogP contribution is 2.28. The van der Waals surface area contributed by atoms with Crippen LogP contribution in [0, 0.1) is 0 Å². The number of rotatable bonds is 6. The third-order valence-electron chi connectivity index (χ3n) is 4.68. The summed E-state index contributed by atoms with van der Waals surface area (Å²) in [4.78, 5) is 15.6. The van der Waals surface area contributed by atoms with Crippen LogP contribution in [0.25, 0.3) is 10.7 Å². The molecule has 0 atom stereocenters. The van der Waals surface area contributed by atoms with Crippen LogP contribution in [0.1, 0.15) is 24.8 Å². The number of thioether (sulfide) groups is 1. The number of nitrogens with zero attached hydrogens (tertiary/aromatic N) is 4. The second kappa shape index (κ2) is 8.71. The van der Waals surface area contributed by atoms with Gasteiger partial charge in [-0.2, -0.15) is 0 Å². The number of carbonyl (C=O) groups excluding carboxylic acids is 1. The van der Waals surface area contributed by atoms with Crippen molar-refractivity contribution in [2.45, 2.75) is 31.0 Å². The average Bonchev–Trinajstić information content (AvgIpc) is 3.38. The van der Waals surface area contributed by atoms with Crippen molar-refractivity contribution in [3.8, 4) is 10.7 Å². The zero-order valence-corrected chi connectivity index (χ0v) is 16.7. The maximum Gasteiger partial charge on any atom is 0.233 e. The highest BCUT2D eigenvalue weighted by Gasteiger charge is 2.20. The van der Waals surface area contributed by atoms with E-state index in [2.05, 4.69) is 33.0 Å². The van der Waals surface area contributed by atoms with Crippen molar-refractivity contribution in [3.63, 3.8) is 0 Å². The van der Waals surface area contributed by atoms with Crippen LogP contribution in [-0.2, 0) is 11.3 Å². The number of amides is 1. The average molecular weight is 399 g/mol. The van der Waals surface area contributed by atoms with Gasteiger partial charge >= 0.3 is 0 Å². The fraction of sp³-hybridized carbons (Fsp3) is 0.350. The number of piperidine rings is 1. The van der Waals surface area contributed by atoms with E-state index in [1.165, 1.54) is 23.7 Å². The van der Waals surface area contributed by atoms with Gasteiger partial charge in [0.15, 0.2) is 11.0 Å². The molecule has 1 aliphatic rings. The van der Waals surface area contributed by atoms with Crippen molar-refractivity contribution in [2.24, 2.45) is 0 Å². The zero-order chi connectivity index (χ0) is 18.5. The van der Waals surface area contributed by atoms with E-state index >= 15 is 0 Å². The molecule has 0 N–H and O–H groups in total. The Hall–Kier alpha value is -2.12. The molecular weight excluding hydrogens is 376 g/mol. The lowest BCUT2D eigenvalue weighted by Crippen LogP contribution is -2.36. The number of aromatic nitrogens is 3. The highest BCUT2D eigenvalue weighted by atomic mass is 32.2. The number of hydrogen-bond acceptors (Lipinski definition) is 5. The number of benzene rings is 1. The van der Waals surface area contributed by atoms with Crippen molar-refractivity contribution in [1.82, 2.24) is 19.7 Å². The molecule has 27 heavy (non-hydrogen) atoms. The van der Waals surface area contributed by atoms with Gasteiger partial charge in [0.2, 0.25) is 5.91 Å². The molecule has 1 aromatic carbocycles. The lowest BCUT2D eigenvalue weighted by atomic mass is 10.1. The molecule has 1 amide bonds. The van der Waals surface area contributed by atoms with Crippen molar-refractivity contribution in [1.29, 1.82) is 0 Å². The summed E-state index contributed by atoms with van der Waals surface area (Å²) in [6.45, 7) is 2.47.